The summed E-state index contributed by atoms with van der Waals surface area (Å²) in [4.78, 5) is 10.6. The summed E-state index contributed by atoms with van der Waals surface area (Å²) in [6, 6.07) is 0. The molecule has 0 spiro atoms. The molecule has 0 bridgehead atoms. The Labute approximate surface area is 60.0 Å². The van der Waals surface area contributed by atoms with Crippen LogP contribution in [0.3, 0.4) is 0 Å². The summed E-state index contributed by atoms with van der Waals surface area (Å²) in [5, 5.41) is 2.40. The number of hydrogen-bond donors (Lipinski definition) is 2. The Morgan fingerprint density at radius 2 is 2.60 bits per heavy atom. The van der Waals surface area contributed by atoms with Crippen LogP contribution in [0.15, 0.2) is 12.7 Å². The number of ether oxygens (including phenoxy) is 1. The van der Waals surface area contributed by atoms with E-state index in [1.165, 1.54) is 0 Å². The van der Waals surface area contributed by atoms with Crippen molar-refractivity contribution in [3.05, 3.63) is 12.7 Å². The second kappa shape index (κ2) is 4.81. The minimum absolute atomic E-state index is 0.394. The maximum absolute atomic E-state index is 10.6. The molecular weight excluding hydrogens is 132 g/mol. The zero-order valence-corrected chi connectivity index (χ0v) is 5.96. The summed E-state index contributed by atoms with van der Waals surface area (Å²) in [6.07, 6.45) is 0.474. The van der Waals surface area contributed by atoms with Crippen LogP contribution in [0.25, 0.3) is 0 Å². The summed E-state index contributed by atoms with van der Waals surface area (Å²) in [5.74, 6) is 0. The Kier molecular flexibility index (Phi) is 4.32. The van der Waals surface area contributed by atoms with Crippen LogP contribution in [0.4, 0.5) is 4.79 Å². The van der Waals surface area contributed by atoms with Crippen LogP contribution in [0, 0.1) is 0 Å². The third kappa shape index (κ3) is 5.11. The van der Waals surface area contributed by atoms with Crippen molar-refractivity contribution in [1.29, 1.82) is 0 Å². The lowest BCUT2D eigenvalue weighted by Gasteiger charge is -2.06. The molecule has 1 unspecified atom stereocenters. The highest BCUT2D eigenvalue weighted by Crippen LogP contribution is 1.80. The first-order valence-electron chi connectivity index (χ1n) is 2.97. The summed E-state index contributed by atoms with van der Waals surface area (Å²) >= 11 is 0. The van der Waals surface area contributed by atoms with Gasteiger partial charge in [0.2, 0.25) is 0 Å². The number of nitrogens with one attached hydrogen (secondary N) is 1. The third-order valence-corrected chi connectivity index (χ3v) is 0.684. The highest BCUT2D eigenvalue weighted by Gasteiger charge is 2.00. The molecule has 0 rings (SSSR count). The molecule has 0 aliphatic heterocycles. The third-order valence-electron chi connectivity index (χ3n) is 0.684. The van der Waals surface area contributed by atoms with Crippen LogP contribution >= 0.6 is 0 Å². The van der Waals surface area contributed by atoms with Gasteiger partial charge in [0.05, 0.1) is 0 Å². The van der Waals surface area contributed by atoms with Gasteiger partial charge in [0.15, 0.2) is 0 Å². The van der Waals surface area contributed by atoms with E-state index < -0.39 is 12.3 Å². The standard InChI is InChI=1S/C6H12N2O2/c1-3-4-8-6(9)10-5(2)7/h3,5H,1,4,7H2,2H3,(H,8,9). The largest absolute Gasteiger partial charge is 0.431 e. The van der Waals surface area contributed by atoms with Gasteiger partial charge in [-0.25, -0.2) is 4.79 Å². The van der Waals surface area contributed by atoms with Crippen LogP contribution in [0.2, 0.25) is 0 Å². The fraction of sp³-hybridized carbons (Fsp3) is 0.500. The number of carbonyl (C=O) groups is 1. The second-order valence-electron chi connectivity index (χ2n) is 1.78. The fourth-order valence-corrected chi connectivity index (χ4v) is 0.366. The highest BCUT2D eigenvalue weighted by atomic mass is 16.6. The first-order chi connectivity index (χ1) is 4.66. The predicted octanol–water partition coefficient (Wildman–Crippen LogP) is 0.203. The molecule has 0 radical (unpaired) electrons. The molecule has 0 saturated heterocycles. The van der Waals surface area contributed by atoms with Crippen molar-refractivity contribution in [2.24, 2.45) is 5.73 Å². The van der Waals surface area contributed by atoms with Crippen LogP contribution in [0.1, 0.15) is 6.92 Å². The van der Waals surface area contributed by atoms with E-state index in [1.54, 1.807) is 13.0 Å². The zero-order valence-electron chi connectivity index (χ0n) is 5.96. The Bertz CT molecular complexity index is 123. The molecule has 10 heavy (non-hydrogen) atoms. The molecule has 0 heterocycles. The van der Waals surface area contributed by atoms with Gasteiger partial charge in [-0.05, 0) is 6.92 Å². The maximum Gasteiger partial charge on any atom is 0.408 e. The number of hydrogen-bond acceptors (Lipinski definition) is 3. The second-order valence-corrected chi connectivity index (χ2v) is 1.78. The van der Waals surface area contributed by atoms with Gasteiger partial charge in [-0.1, -0.05) is 6.08 Å². The Morgan fingerprint density at radius 3 is 3.00 bits per heavy atom. The average molecular weight is 144 g/mol. The van der Waals surface area contributed by atoms with E-state index in [2.05, 4.69) is 16.6 Å². The molecule has 1 atom stereocenters. The summed E-state index contributed by atoms with van der Waals surface area (Å²) in [6.45, 7) is 5.38. The van der Waals surface area contributed by atoms with Crippen molar-refractivity contribution in [1.82, 2.24) is 5.32 Å². The van der Waals surface area contributed by atoms with Crippen LogP contribution in [-0.4, -0.2) is 18.9 Å². The Morgan fingerprint density at radius 1 is 2.00 bits per heavy atom. The van der Waals surface area contributed by atoms with Gasteiger partial charge in [0.1, 0.15) is 6.23 Å². The number of carbonyl (C=O) groups excluding carboxylic acids is 1. The molecule has 0 aromatic rings. The van der Waals surface area contributed by atoms with Gasteiger partial charge in [0.25, 0.3) is 0 Å². The smallest absolute Gasteiger partial charge is 0.408 e. The lowest BCUT2D eigenvalue weighted by Crippen LogP contribution is -2.31. The van der Waals surface area contributed by atoms with Crippen molar-refractivity contribution >= 4 is 6.09 Å². The van der Waals surface area contributed by atoms with Gasteiger partial charge >= 0.3 is 6.09 Å². The van der Waals surface area contributed by atoms with E-state index in [4.69, 9.17) is 5.73 Å². The average Bonchev–Trinajstić information content (AvgIpc) is 1.82. The van der Waals surface area contributed by atoms with E-state index in [-0.39, 0.29) is 0 Å². The van der Waals surface area contributed by atoms with Crippen molar-refractivity contribution in [2.45, 2.75) is 13.2 Å². The minimum atomic E-state index is -0.565. The molecule has 0 saturated carbocycles. The molecule has 4 heteroatoms. The normalized spacial score (nSPS) is 11.8. The van der Waals surface area contributed by atoms with Gasteiger partial charge < -0.3 is 10.1 Å². The lowest BCUT2D eigenvalue weighted by atomic mass is 10.6. The number of alkyl carbamates (subject to hydrolysis) is 1. The monoisotopic (exact) mass is 144 g/mol. The van der Waals surface area contributed by atoms with Gasteiger partial charge in [-0.2, -0.15) is 0 Å². The molecule has 0 aliphatic carbocycles. The topological polar surface area (TPSA) is 64.3 Å². The minimum Gasteiger partial charge on any atom is -0.431 e. The van der Waals surface area contributed by atoms with Crippen LogP contribution < -0.4 is 11.1 Å². The van der Waals surface area contributed by atoms with E-state index in [9.17, 15) is 4.79 Å². The highest BCUT2D eigenvalue weighted by molar-refractivity contribution is 5.67. The summed E-state index contributed by atoms with van der Waals surface area (Å²) in [5.41, 5.74) is 5.16. The molecule has 0 fully saturated rings. The predicted molar refractivity (Wildman–Crippen MR) is 38.3 cm³/mol. The number of nitrogens with two attached hydrogens (primary N) is 1. The van der Waals surface area contributed by atoms with Crippen LogP contribution in [-0.2, 0) is 4.74 Å². The van der Waals surface area contributed by atoms with Gasteiger partial charge in [0, 0.05) is 6.54 Å². The van der Waals surface area contributed by atoms with Crippen molar-refractivity contribution in [3.63, 3.8) is 0 Å². The number of amides is 1. The van der Waals surface area contributed by atoms with E-state index in [0.29, 0.717) is 6.54 Å². The van der Waals surface area contributed by atoms with E-state index >= 15 is 0 Å². The molecular formula is C6H12N2O2. The quantitative estimate of drug-likeness (QED) is 0.439. The summed E-state index contributed by atoms with van der Waals surface area (Å²) in [7, 11) is 0. The van der Waals surface area contributed by atoms with Crippen molar-refractivity contribution in [3.8, 4) is 0 Å². The molecule has 0 aromatic heterocycles. The Balaban J connectivity index is 3.34. The molecule has 0 aliphatic rings. The maximum atomic E-state index is 10.6. The first kappa shape index (κ1) is 8.97. The fourth-order valence-electron chi connectivity index (χ4n) is 0.366. The summed E-state index contributed by atoms with van der Waals surface area (Å²) < 4.78 is 4.53. The van der Waals surface area contributed by atoms with Gasteiger partial charge in [-0.3, -0.25) is 5.73 Å². The zero-order chi connectivity index (χ0) is 7.98. The molecule has 3 N–H and O–H groups in total. The molecule has 0 aromatic carbocycles. The van der Waals surface area contributed by atoms with Gasteiger partial charge in [-0.15, -0.1) is 6.58 Å². The SMILES string of the molecule is C=CCNC(=O)OC(C)N. The molecule has 1 amide bonds. The molecule has 58 valence electrons. The van der Waals surface area contributed by atoms with E-state index in [1.807, 2.05) is 0 Å². The Hall–Kier alpha value is -1.03. The lowest BCUT2D eigenvalue weighted by molar-refractivity contribution is 0.111. The molecule has 4 nitrogen and oxygen atoms in total. The van der Waals surface area contributed by atoms with Crippen molar-refractivity contribution in [2.75, 3.05) is 6.54 Å². The van der Waals surface area contributed by atoms with E-state index in [0.717, 1.165) is 0 Å². The van der Waals surface area contributed by atoms with Crippen LogP contribution in [0.5, 0.6) is 0 Å². The first-order valence-corrected chi connectivity index (χ1v) is 2.97. The number of rotatable bonds is 3. The van der Waals surface area contributed by atoms with Crippen molar-refractivity contribution < 1.29 is 9.53 Å².